The topological polar surface area (TPSA) is 34.1 Å². The highest BCUT2D eigenvalue weighted by Gasteiger charge is 2.24. The molecular weight excluding hydrogens is 268 g/mol. The van der Waals surface area contributed by atoms with Crippen LogP contribution in [0.15, 0.2) is 24.3 Å². The molecule has 1 N–H and O–H groups in total. The van der Waals surface area contributed by atoms with E-state index in [1.165, 1.54) is 4.88 Å². The third kappa shape index (κ3) is 3.02. The summed E-state index contributed by atoms with van der Waals surface area (Å²) in [5, 5.41) is 4.25. The van der Waals surface area contributed by atoms with Crippen molar-refractivity contribution in [3.8, 4) is 16.3 Å². The monoisotopic (exact) mass is 290 g/mol. The van der Waals surface area contributed by atoms with Gasteiger partial charge in [-0.05, 0) is 19.2 Å². The maximum absolute atomic E-state index is 5.45. The summed E-state index contributed by atoms with van der Waals surface area (Å²) in [7, 11) is 3.67. The molecule has 1 heterocycles. The Morgan fingerprint density at radius 3 is 2.55 bits per heavy atom. The van der Waals surface area contributed by atoms with Crippen molar-refractivity contribution in [3.05, 3.63) is 34.8 Å². The molecule has 3 nitrogen and oxygen atoms in total. The summed E-state index contributed by atoms with van der Waals surface area (Å²) in [6.07, 6.45) is 0. The molecule has 0 saturated heterocycles. The maximum Gasteiger partial charge on any atom is 0.129 e. The number of hydrogen-bond donors (Lipinski definition) is 1. The molecule has 0 aliphatic heterocycles. The average molecular weight is 290 g/mol. The number of nitrogens with zero attached hydrogens (tertiary/aromatic N) is 1. The number of methoxy groups -OCH3 is 1. The molecule has 4 heteroatoms. The fraction of sp³-hybridized carbons (Fsp3) is 0.438. The van der Waals surface area contributed by atoms with E-state index in [2.05, 4.69) is 32.2 Å². The van der Waals surface area contributed by atoms with E-state index in [0.717, 1.165) is 28.6 Å². The van der Waals surface area contributed by atoms with Gasteiger partial charge in [-0.3, -0.25) is 0 Å². The van der Waals surface area contributed by atoms with Gasteiger partial charge < -0.3 is 10.1 Å². The fourth-order valence-electron chi connectivity index (χ4n) is 2.15. The Kier molecular flexibility index (Phi) is 4.45. The Morgan fingerprint density at radius 2 is 1.95 bits per heavy atom. The minimum atomic E-state index is 0.0446. The minimum absolute atomic E-state index is 0.0446. The van der Waals surface area contributed by atoms with Crippen molar-refractivity contribution in [1.29, 1.82) is 0 Å². The Bertz CT molecular complexity index is 584. The van der Waals surface area contributed by atoms with E-state index in [0.29, 0.717) is 0 Å². The van der Waals surface area contributed by atoms with Gasteiger partial charge in [0.15, 0.2) is 0 Å². The van der Waals surface area contributed by atoms with E-state index in [4.69, 9.17) is 9.72 Å². The number of rotatable bonds is 4. The molecule has 0 radical (unpaired) electrons. The fourth-order valence-corrected chi connectivity index (χ4v) is 3.47. The number of hydrogen-bond acceptors (Lipinski definition) is 4. The lowest BCUT2D eigenvalue weighted by Gasteiger charge is -2.17. The van der Waals surface area contributed by atoms with Crippen LogP contribution in [0.25, 0.3) is 10.6 Å². The van der Waals surface area contributed by atoms with Gasteiger partial charge >= 0.3 is 0 Å². The van der Waals surface area contributed by atoms with Gasteiger partial charge in [-0.15, -0.1) is 11.3 Å². The van der Waals surface area contributed by atoms with Crippen molar-refractivity contribution in [2.45, 2.75) is 32.7 Å². The van der Waals surface area contributed by atoms with Crippen molar-refractivity contribution in [2.24, 2.45) is 0 Å². The minimum Gasteiger partial charge on any atom is -0.496 e. The Morgan fingerprint density at radius 1 is 1.25 bits per heavy atom. The molecule has 0 amide bonds. The highest BCUT2D eigenvalue weighted by molar-refractivity contribution is 7.15. The molecule has 108 valence electrons. The lowest BCUT2D eigenvalue weighted by Crippen LogP contribution is -2.16. The van der Waals surface area contributed by atoms with Crippen LogP contribution in [0.1, 0.15) is 31.3 Å². The van der Waals surface area contributed by atoms with Crippen molar-refractivity contribution in [3.63, 3.8) is 0 Å². The lowest BCUT2D eigenvalue weighted by molar-refractivity contribution is 0.416. The molecule has 0 bridgehead atoms. The summed E-state index contributed by atoms with van der Waals surface area (Å²) in [5.41, 5.74) is 2.27. The Balaban J connectivity index is 2.53. The summed E-state index contributed by atoms with van der Waals surface area (Å²) in [6, 6.07) is 8.04. The predicted molar refractivity (Wildman–Crippen MR) is 85.6 cm³/mol. The Labute approximate surface area is 125 Å². The lowest BCUT2D eigenvalue weighted by atomic mass is 9.91. The second-order valence-corrected chi connectivity index (χ2v) is 6.86. The van der Waals surface area contributed by atoms with Crippen LogP contribution in [0.5, 0.6) is 5.75 Å². The molecule has 0 saturated carbocycles. The van der Waals surface area contributed by atoms with E-state index in [1.54, 1.807) is 18.4 Å². The van der Waals surface area contributed by atoms with Crippen LogP contribution in [0.4, 0.5) is 0 Å². The van der Waals surface area contributed by atoms with Crippen LogP contribution in [-0.2, 0) is 12.0 Å². The quantitative estimate of drug-likeness (QED) is 0.929. The zero-order chi connectivity index (χ0) is 14.8. The summed E-state index contributed by atoms with van der Waals surface area (Å²) in [5.74, 6) is 0.873. The van der Waals surface area contributed by atoms with Crippen molar-refractivity contribution >= 4 is 11.3 Å². The van der Waals surface area contributed by atoms with Gasteiger partial charge in [0.05, 0.1) is 18.4 Å². The number of benzene rings is 1. The molecule has 2 aromatic rings. The van der Waals surface area contributed by atoms with Crippen LogP contribution in [0.3, 0.4) is 0 Å². The van der Waals surface area contributed by atoms with Gasteiger partial charge in [-0.25, -0.2) is 4.98 Å². The second-order valence-electron chi connectivity index (χ2n) is 5.77. The summed E-state index contributed by atoms with van der Waals surface area (Å²) < 4.78 is 5.45. The van der Waals surface area contributed by atoms with Gasteiger partial charge in [-0.2, -0.15) is 0 Å². The van der Waals surface area contributed by atoms with Crippen molar-refractivity contribution in [2.75, 3.05) is 14.2 Å². The molecule has 0 aliphatic rings. The van der Waals surface area contributed by atoms with E-state index in [9.17, 15) is 0 Å². The van der Waals surface area contributed by atoms with E-state index >= 15 is 0 Å². The molecule has 0 unspecified atom stereocenters. The van der Waals surface area contributed by atoms with Crippen LogP contribution in [-0.4, -0.2) is 19.1 Å². The molecule has 0 spiro atoms. The van der Waals surface area contributed by atoms with Gasteiger partial charge in [0.25, 0.3) is 0 Å². The van der Waals surface area contributed by atoms with Gasteiger partial charge in [0, 0.05) is 16.8 Å². The highest BCUT2D eigenvalue weighted by Crippen LogP contribution is 2.37. The SMILES string of the molecule is CNCc1sc(-c2ccccc2OC)nc1C(C)(C)C. The molecule has 1 aromatic heterocycles. The number of aromatic nitrogens is 1. The largest absolute Gasteiger partial charge is 0.496 e. The van der Waals surface area contributed by atoms with E-state index in [1.807, 2.05) is 25.2 Å². The van der Waals surface area contributed by atoms with Crippen LogP contribution in [0, 0.1) is 0 Å². The average Bonchev–Trinajstić information content (AvgIpc) is 2.83. The zero-order valence-corrected chi connectivity index (χ0v) is 13.6. The van der Waals surface area contributed by atoms with Crippen molar-refractivity contribution in [1.82, 2.24) is 10.3 Å². The molecule has 0 aliphatic carbocycles. The number of thiazole rings is 1. The number of ether oxygens (including phenoxy) is 1. The van der Waals surface area contributed by atoms with Gasteiger partial charge in [0.1, 0.15) is 10.8 Å². The Hall–Kier alpha value is -1.39. The first-order valence-corrected chi connectivity index (χ1v) is 7.57. The highest BCUT2D eigenvalue weighted by atomic mass is 32.1. The zero-order valence-electron chi connectivity index (χ0n) is 12.8. The molecule has 1 aromatic carbocycles. The van der Waals surface area contributed by atoms with E-state index < -0.39 is 0 Å². The van der Waals surface area contributed by atoms with Crippen molar-refractivity contribution < 1.29 is 4.74 Å². The molecule has 2 rings (SSSR count). The summed E-state index contributed by atoms with van der Waals surface area (Å²) >= 11 is 1.74. The van der Waals surface area contributed by atoms with E-state index in [-0.39, 0.29) is 5.41 Å². The standard InChI is InChI=1S/C16H22N2OS/c1-16(2,3)14-13(10-17-4)20-15(18-14)11-8-6-7-9-12(11)19-5/h6-9,17H,10H2,1-5H3. The number of nitrogens with one attached hydrogen (secondary N) is 1. The molecule has 0 atom stereocenters. The third-order valence-corrected chi connectivity index (χ3v) is 4.17. The van der Waals surface area contributed by atoms with Gasteiger partial charge in [-0.1, -0.05) is 32.9 Å². The molecular formula is C16H22N2OS. The normalized spacial score (nSPS) is 11.7. The smallest absolute Gasteiger partial charge is 0.129 e. The van der Waals surface area contributed by atoms with Gasteiger partial charge in [0.2, 0.25) is 0 Å². The second kappa shape index (κ2) is 5.94. The number of para-hydroxylation sites is 1. The maximum atomic E-state index is 5.45. The third-order valence-electron chi connectivity index (χ3n) is 3.08. The first kappa shape index (κ1) is 15.0. The summed E-state index contributed by atoms with van der Waals surface area (Å²) in [6.45, 7) is 7.45. The summed E-state index contributed by atoms with van der Waals surface area (Å²) in [4.78, 5) is 6.17. The first-order valence-electron chi connectivity index (χ1n) is 6.75. The molecule has 20 heavy (non-hydrogen) atoms. The first-order chi connectivity index (χ1) is 9.47. The predicted octanol–water partition coefficient (Wildman–Crippen LogP) is 3.84. The molecule has 0 fully saturated rings. The van der Waals surface area contributed by atoms with Crippen LogP contribution >= 0.6 is 11.3 Å². The van der Waals surface area contributed by atoms with Crippen LogP contribution < -0.4 is 10.1 Å². The van der Waals surface area contributed by atoms with Crippen LogP contribution in [0.2, 0.25) is 0 Å².